The first kappa shape index (κ1) is 27.6. The molecule has 0 aliphatic heterocycles. The minimum absolute atomic E-state index is 0.0105. The lowest BCUT2D eigenvalue weighted by Gasteiger charge is -2.32. The smallest absolute Gasteiger partial charge is 0.477 e. The number of hydrogen-bond donors (Lipinski definition) is 2. The second kappa shape index (κ2) is 11.4. The molecule has 0 spiro atoms. The van der Waals surface area contributed by atoms with Crippen LogP contribution in [0.15, 0.2) is 60.8 Å². The normalized spacial score (nSPS) is 15.3. The molecule has 2 aromatic carbocycles. The second-order valence-corrected chi connectivity index (χ2v) is 11.0. The van der Waals surface area contributed by atoms with Crippen molar-refractivity contribution < 1.29 is 28.5 Å². The highest BCUT2D eigenvalue weighted by atomic mass is 31.1. The van der Waals surface area contributed by atoms with Gasteiger partial charge in [-0.15, -0.1) is 4.52 Å². The minimum Gasteiger partial charge on any atom is -0.477 e. The molecule has 0 radical (unpaired) electrons. The molecular weight excluding hydrogens is 480 g/mol. The van der Waals surface area contributed by atoms with Crippen LogP contribution in [-0.4, -0.2) is 39.5 Å². The molecular formula is C28H32FNO5P+. The molecule has 2 N–H and O–H groups in total. The van der Waals surface area contributed by atoms with E-state index in [1.807, 2.05) is 50.2 Å². The fraction of sp³-hybridized carbons (Fsp3) is 0.357. The summed E-state index contributed by atoms with van der Waals surface area (Å²) in [6.07, 6.45) is 0.381. The Balaban J connectivity index is 2.41. The van der Waals surface area contributed by atoms with Crippen LogP contribution in [-0.2, 0) is 13.9 Å². The van der Waals surface area contributed by atoms with Gasteiger partial charge in [0.25, 0.3) is 0 Å². The standard InChI is InChI=1S/C28H31FNO5P/c1-17(2)13-25(28(19(4)31,27(32)33)36(34)35-5)24-16-30-26(20-9-7-6-8-10-20)15-23(24)22-12-11-21(29)14-18(22)3/h6-12,14-17,19,25,31H,13H2,1-5H3/p+1. The highest BCUT2D eigenvalue weighted by molar-refractivity contribution is 7.42. The van der Waals surface area contributed by atoms with Gasteiger partial charge in [0.15, 0.2) is 0 Å². The van der Waals surface area contributed by atoms with Gasteiger partial charge in [-0.1, -0.05) is 50.2 Å². The molecule has 1 aromatic heterocycles. The van der Waals surface area contributed by atoms with Crippen LogP contribution >= 0.6 is 8.03 Å². The van der Waals surface area contributed by atoms with E-state index in [1.165, 1.54) is 26.2 Å². The van der Waals surface area contributed by atoms with E-state index in [1.54, 1.807) is 19.2 Å². The first-order valence-electron chi connectivity index (χ1n) is 11.8. The highest BCUT2D eigenvalue weighted by Gasteiger charge is 2.67. The van der Waals surface area contributed by atoms with Gasteiger partial charge in [0.05, 0.1) is 18.7 Å². The molecule has 36 heavy (non-hydrogen) atoms. The van der Waals surface area contributed by atoms with E-state index in [2.05, 4.69) is 4.98 Å². The van der Waals surface area contributed by atoms with Crippen LogP contribution in [0.2, 0.25) is 0 Å². The van der Waals surface area contributed by atoms with Crippen LogP contribution in [0, 0.1) is 18.7 Å². The van der Waals surface area contributed by atoms with E-state index in [4.69, 9.17) is 4.52 Å². The Morgan fingerprint density at radius 1 is 1.11 bits per heavy atom. The first-order chi connectivity index (χ1) is 17.0. The topological polar surface area (TPSA) is 96.7 Å². The van der Waals surface area contributed by atoms with Crippen molar-refractivity contribution >= 4 is 14.0 Å². The summed E-state index contributed by atoms with van der Waals surface area (Å²) < 4.78 is 32.4. The zero-order valence-electron chi connectivity index (χ0n) is 21.1. The van der Waals surface area contributed by atoms with Crippen molar-refractivity contribution in [2.24, 2.45) is 5.92 Å². The number of aromatic nitrogens is 1. The maximum Gasteiger partial charge on any atom is 0.529 e. The summed E-state index contributed by atoms with van der Waals surface area (Å²) in [6, 6.07) is 15.7. The Hall–Kier alpha value is -2.99. The molecule has 6 nitrogen and oxygen atoms in total. The summed E-state index contributed by atoms with van der Waals surface area (Å²) in [5.41, 5.74) is 3.99. The van der Waals surface area contributed by atoms with Gasteiger partial charge in [-0.25, -0.2) is 9.18 Å². The number of benzene rings is 2. The Kier molecular flexibility index (Phi) is 8.72. The minimum atomic E-state index is -2.83. The average Bonchev–Trinajstić information content (AvgIpc) is 2.83. The number of hydrogen-bond acceptors (Lipinski definition) is 5. The van der Waals surface area contributed by atoms with Gasteiger partial charge >= 0.3 is 19.2 Å². The van der Waals surface area contributed by atoms with Crippen molar-refractivity contribution in [1.29, 1.82) is 0 Å². The van der Waals surface area contributed by atoms with E-state index >= 15 is 0 Å². The molecule has 0 aliphatic carbocycles. The Labute approximate surface area is 212 Å². The maximum atomic E-state index is 14.0. The van der Waals surface area contributed by atoms with E-state index in [0.29, 0.717) is 34.4 Å². The third-order valence-electron chi connectivity index (χ3n) is 6.54. The van der Waals surface area contributed by atoms with Crippen LogP contribution in [0.5, 0.6) is 0 Å². The lowest BCUT2D eigenvalue weighted by Crippen LogP contribution is -2.50. The number of carbonyl (C=O) groups is 1. The Morgan fingerprint density at radius 2 is 1.78 bits per heavy atom. The Morgan fingerprint density at radius 3 is 2.31 bits per heavy atom. The molecule has 0 amide bonds. The summed E-state index contributed by atoms with van der Waals surface area (Å²) in [5, 5.41) is 19.1. The van der Waals surface area contributed by atoms with Gasteiger partial charge in [0, 0.05) is 11.8 Å². The molecule has 0 bridgehead atoms. The fourth-order valence-corrected chi connectivity index (χ4v) is 6.08. The largest absolute Gasteiger partial charge is 0.529 e. The lowest BCUT2D eigenvalue weighted by molar-refractivity contribution is -0.144. The summed E-state index contributed by atoms with van der Waals surface area (Å²) in [5.74, 6) is -2.74. The molecule has 0 aliphatic rings. The van der Waals surface area contributed by atoms with Gasteiger partial charge in [-0.05, 0) is 71.2 Å². The molecule has 0 saturated carbocycles. The van der Waals surface area contributed by atoms with Crippen LogP contribution in [0.25, 0.3) is 22.4 Å². The summed E-state index contributed by atoms with van der Waals surface area (Å²) in [4.78, 5) is 17.5. The van der Waals surface area contributed by atoms with E-state index in [9.17, 15) is 24.0 Å². The molecule has 1 heterocycles. The number of rotatable bonds is 10. The molecule has 3 aromatic rings. The number of carboxylic acid groups (broad SMARTS) is 1. The maximum absolute atomic E-state index is 14.0. The molecule has 8 heteroatoms. The molecule has 4 atom stereocenters. The Bertz CT molecular complexity index is 1250. The number of aliphatic carboxylic acids is 1. The molecule has 4 unspecified atom stereocenters. The van der Waals surface area contributed by atoms with Gasteiger partial charge in [0.1, 0.15) is 11.9 Å². The zero-order valence-corrected chi connectivity index (χ0v) is 22.0. The fourth-order valence-electron chi connectivity index (χ4n) is 4.82. The number of halogens is 1. The molecule has 3 rings (SSSR count). The van der Waals surface area contributed by atoms with Crippen LogP contribution in [0.3, 0.4) is 0 Å². The van der Waals surface area contributed by atoms with Crippen molar-refractivity contribution in [3.05, 3.63) is 77.7 Å². The van der Waals surface area contributed by atoms with Crippen molar-refractivity contribution in [3.8, 4) is 22.4 Å². The SMILES string of the molecule is CO[P+](=O)C(C(=O)O)(C(C)O)C(CC(C)C)c1cnc(-c2ccccc2)cc1-c1ccc(F)cc1C. The van der Waals surface area contributed by atoms with Crippen LogP contribution < -0.4 is 0 Å². The third-order valence-corrected chi connectivity index (χ3v) is 8.36. The van der Waals surface area contributed by atoms with E-state index in [0.717, 1.165) is 5.56 Å². The molecule has 190 valence electrons. The van der Waals surface area contributed by atoms with E-state index in [-0.39, 0.29) is 11.7 Å². The quantitative estimate of drug-likeness (QED) is 0.298. The molecule has 0 saturated heterocycles. The number of aliphatic hydroxyl groups is 1. The predicted octanol–water partition coefficient (Wildman–Crippen LogP) is 6.59. The number of carboxylic acids is 1. The van der Waals surface area contributed by atoms with Crippen molar-refractivity contribution in [2.75, 3.05) is 7.11 Å². The van der Waals surface area contributed by atoms with Crippen molar-refractivity contribution in [2.45, 2.75) is 51.3 Å². The third kappa shape index (κ3) is 5.24. The number of aliphatic hydroxyl groups excluding tert-OH is 1. The summed E-state index contributed by atoms with van der Waals surface area (Å²) >= 11 is 0. The predicted molar refractivity (Wildman–Crippen MR) is 139 cm³/mol. The number of nitrogens with zero attached hydrogens (tertiary/aromatic N) is 1. The number of pyridine rings is 1. The number of aryl methyl sites for hydroxylation is 1. The zero-order chi connectivity index (χ0) is 26.6. The van der Waals surface area contributed by atoms with Crippen molar-refractivity contribution in [3.63, 3.8) is 0 Å². The van der Waals surface area contributed by atoms with Crippen molar-refractivity contribution in [1.82, 2.24) is 4.98 Å². The van der Waals surface area contributed by atoms with Gasteiger partial charge in [-0.3, -0.25) is 4.98 Å². The van der Waals surface area contributed by atoms with Gasteiger partial charge < -0.3 is 10.2 Å². The van der Waals surface area contributed by atoms with Crippen LogP contribution in [0.1, 0.15) is 44.2 Å². The monoisotopic (exact) mass is 512 g/mol. The van der Waals surface area contributed by atoms with Gasteiger partial charge in [0.2, 0.25) is 0 Å². The summed E-state index contributed by atoms with van der Waals surface area (Å²) in [6.45, 7) is 6.95. The molecule has 0 fully saturated rings. The lowest BCUT2D eigenvalue weighted by atomic mass is 9.75. The van der Waals surface area contributed by atoms with E-state index < -0.39 is 31.2 Å². The van der Waals surface area contributed by atoms with Crippen LogP contribution in [0.4, 0.5) is 4.39 Å². The highest BCUT2D eigenvalue weighted by Crippen LogP contribution is 2.55. The average molecular weight is 513 g/mol. The summed E-state index contributed by atoms with van der Waals surface area (Å²) in [7, 11) is -1.66. The first-order valence-corrected chi connectivity index (χ1v) is 13.0. The second-order valence-electron chi connectivity index (χ2n) is 9.41. The van der Waals surface area contributed by atoms with Gasteiger partial charge in [-0.2, -0.15) is 0 Å².